The van der Waals surface area contributed by atoms with E-state index in [2.05, 4.69) is 26.2 Å². The van der Waals surface area contributed by atoms with Crippen molar-refractivity contribution in [3.8, 4) is 5.75 Å². The second kappa shape index (κ2) is 8.41. The molecule has 0 bridgehead atoms. The average molecular weight is 432 g/mol. The normalized spacial score (nSPS) is 18.1. The molecule has 0 N–H and O–H groups in total. The van der Waals surface area contributed by atoms with Crippen LogP contribution >= 0.6 is 15.9 Å². The lowest BCUT2D eigenvalue weighted by molar-refractivity contribution is -0.169. The first kappa shape index (κ1) is 19.2. The summed E-state index contributed by atoms with van der Waals surface area (Å²) in [7, 11) is 1.57. The molecule has 1 unspecified atom stereocenters. The predicted octanol–water partition coefficient (Wildman–Crippen LogP) is 3.82. The van der Waals surface area contributed by atoms with Gasteiger partial charge in [0.1, 0.15) is 17.1 Å². The third kappa shape index (κ3) is 4.77. The van der Waals surface area contributed by atoms with E-state index in [9.17, 15) is 8.78 Å². The SMILES string of the molecule is COc1ccc(Cn2nnc(COC3CCCCO3)c2C(F)(F)Br)cc1. The van der Waals surface area contributed by atoms with Gasteiger partial charge in [0.25, 0.3) is 0 Å². The van der Waals surface area contributed by atoms with Crippen molar-refractivity contribution >= 4 is 15.9 Å². The van der Waals surface area contributed by atoms with Crippen molar-refractivity contribution in [2.45, 2.75) is 43.5 Å². The summed E-state index contributed by atoms with van der Waals surface area (Å²) in [5.74, 6) is 0.694. The molecule has 1 aliphatic rings. The van der Waals surface area contributed by atoms with Gasteiger partial charge in [-0.15, -0.1) is 5.10 Å². The van der Waals surface area contributed by atoms with Crippen LogP contribution in [0.5, 0.6) is 5.75 Å². The zero-order valence-electron chi connectivity index (χ0n) is 14.3. The smallest absolute Gasteiger partial charge is 0.344 e. The predicted molar refractivity (Wildman–Crippen MR) is 93.3 cm³/mol. The Kier molecular flexibility index (Phi) is 6.20. The molecule has 1 fully saturated rings. The number of hydrogen-bond acceptors (Lipinski definition) is 5. The van der Waals surface area contributed by atoms with E-state index in [-0.39, 0.29) is 30.8 Å². The first-order chi connectivity index (χ1) is 12.5. The second-order valence-electron chi connectivity index (χ2n) is 6.00. The molecule has 0 amide bonds. The Bertz CT molecular complexity index is 713. The van der Waals surface area contributed by atoms with Gasteiger partial charge in [0.2, 0.25) is 0 Å². The first-order valence-corrected chi connectivity index (χ1v) is 9.12. The maximum absolute atomic E-state index is 14.1. The van der Waals surface area contributed by atoms with Crippen LogP contribution in [0.25, 0.3) is 0 Å². The number of rotatable bonds is 7. The molecule has 0 aliphatic carbocycles. The Morgan fingerprint density at radius 2 is 2.08 bits per heavy atom. The Labute approximate surface area is 158 Å². The summed E-state index contributed by atoms with van der Waals surface area (Å²) >= 11 is 2.43. The van der Waals surface area contributed by atoms with Crippen molar-refractivity contribution in [3.05, 3.63) is 41.2 Å². The van der Waals surface area contributed by atoms with Gasteiger partial charge in [0, 0.05) is 6.61 Å². The van der Waals surface area contributed by atoms with Crippen LogP contribution in [0.15, 0.2) is 24.3 Å². The molecule has 1 aromatic carbocycles. The van der Waals surface area contributed by atoms with Crippen LogP contribution in [0.4, 0.5) is 8.78 Å². The summed E-state index contributed by atoms with van der Waals surface area (Å²) in [4.78, 5) is -3.27. The van der Waals surface area contributed by atoms with Gasteiger partial charge < -0.3 is 14.2 Å². The molecule has 9 heteroatoms. The van der Waals surface area contributed by atoms with E-state index < -0.39 is 4.83 Å². The molecule has 1 aliphatic heterocycles. The number of methoxy groups -OCH3 is 1. The number of alkyl halides is 3. The largest absolute Gasteiger partial charge is 0.497 e. The maximum Gasteiger partial charge on any atom is 0.344 e. The van der Waals surface area contributed by atoms with Gasteiger partial charge in [0.15, 0.2) is 6.29 Å². The van der Waals surface area contributed by atoms with Gasteiger partial charge in [-0.2, -0.15) is 8.78 Å². The first-order valence-electron chi connectivity index (χ1n) is 8.33. The second-order valence-corrected chi connectivity index (χ2v) is 6.99. The van der Waals surface area contributed by atoms with Crippen LogP contribution in [0, 0.1) is 0 Å². The zero-order chi connectivity index (χ0) is 18.6. The van der Waals surface area contributed by atoms with Crippen molar-refractivity contribution < 1.29 is 23.0 Å². The van der Waals surface area contributed by atoms with Crippen LogP contribution in [-0.2, 0) is 27.5 Å². The quantitative estimate of drug-likeness (QED) is 0.623. The van der Waals surface area contributed by atoms with Crippen LogP contribution in [0.3, 0.4) is 0 Å². The Hall–Kier alpha value is -1.58. The molecular weight excluding hydrogens is 412 g/mol. The molecule has 1 aromatic heterocycles. The standard InChI is InChI=1S/C17H20BrF2N3O3/c1-24-13-7-5-12(6-8-13)10-23-16(17(18,19)20)14(21-22-23)11-26-15-4-2-3-9-25-15/h5-8,15H,2-4,9-11H2,1H3. The van der Waals surface area contributed by atoms with Crippen LogP contribution in [0.2, 0.25) is 0 Å². The highest BCUT2D eigenvalue weighted by atomic mass is 79.9. The number of hydrogen-bond donors (Lipinski definition) is 0. The van der Waals surface area contributed by atoms with E-state index >= 15 is 0 Å². The Morgan fingerprint density at radius 1 is 1.31 bits per heavy atom. The molecule has 6 nitrogen and oxygen atoms in total. The summed E-state index contributed by atoms with van der Waals surface area (Å²) in [5.41, 5.74) is 0.579. The molecule has 2 aromatic rings. The Morgan fingerprint density at radius 3 is 2.69 bits per heavy atom. The molecule has 0 radical (unpaired) electrons. The minimum Gasteiger partial charge on any atom is -0.497 e. The lowest BCUT2D eigenvalue weighted by Crippen LogP contribution is -2.23. The highest BCUT2D eigenvalue weighted by Gasteiger charge is 2.36. The van der Waals surface area contributed by atoms with E-state index in [1.165, 1.54) is 4.68 Å². The van der Waals surface area contributed by atoms with E-state index in [0.717, 1.165) is 24.8 Å². The summed E-state index contributed by atoms with van der Waals surface area (Å²) in [6.45, 7) is 0.702. The maximum atomic E-state index is 14.1. The van der Waals surface area contributed by atoms with E-state index in [1.807, 2.05) is 0 Å². The highest BCUT2D eigenvalue weighted by molar-refractivity contribution is 9.09. The van der Waals surface area contributed by atoms with Crippen molar-refractivity contribution in [1.29, 1.82) is 0 Å². The minimum absolute atomic E-state index is 0.0796. The van der Waals surface area contributed by atoms with Gasteiger partial charge >= 0.3 is 4.83 Å². The van der Waals surface area contributed by atoms with Crippen molar-refractivity contribution in [2.24, 2.45) is 0 Å². The lowest BCUT2D eigenvalue weighted by atomic mass is 10.2. The monoisotopic (exact) mass is 431 g/mol. The van der Waals surface area contributed by atoms with Gasteiger partial charge in [-0.05, 0) is 52.9 Å². The van der Waals surface area contributed by atoms with Crippen LogP contribution in [-0.4, -0.2) is 35.0 Å². The van der Waals surface area contributed by atoms with Gasteiger partial charge in [-0.3, -0.25) is 0 Å². The molecule has 142 valence electrons. The van der Waals surface area contributed by atoms with E-state index in [1.54, 1.807) is 31.4 Å². The highest BCUT2D eigenvalue weighted by Crippen LogP contribution is 2.36. The number of nitrogens with zero attached hydrogens (tertiary/aromatic N) is 3. The van der Waals surface area contributed by atoms with Crippen molar-refractivity contribution in [2.75, 3.05) is 13.7 Å². The number of aromatic nitrogens is 3. The van der Waals surface area contributed by atoms with Gasteiger partial charge in [-0.25, -0.2) is 4.68 Å². The lowest BCUT2D eigenvalue weighted by Gasteiger charge is -2.22. The molecule has 1 atom stereocenters. The topological polar surface area (TPSA) is 58.4 Å². The van der Waals surface area contributed by atoms with Crippen molar-refractivity contribution in [1.82, 2.24) is 15.0 Å². The number of halogens is 3. The fraction of sp³-hybridized carbons (Fsp3) is 0.529. The summed E-state index contributed by atoms with van der Waals surface area (Å²) in [6, 6.07) is 7.12. The molecule has 0 saturated carbocycles. The third-order valence-electron chi connectivity index (χ3n) is 4.11. The van der Waals surface area contributed by atoms with Crippen molar-refractivity contribution in [3.63, 3.8) is 0 Å². The zero-order valence-corrected chi connectivity index (χ0v) is 15.9. The molecule has 0 spiro atoms. The van der Waals surface area contributed by atoms with Gasteiger partial charge in [0.05, 0.1) is 20.3 Å². The number of benzene rings is 1. The minimum atomic E-state index is -3.27. The fourth-order valence-corrected chi connectivity index (χ4v) is 3.22. The molecule has 26 heavy (non-hydrogen) atoms. The molecule has 2 heterocycles. The van der Waals surface area contributed by atoms with Gasteiger partial charge in [-0.1, -0.05) is 17.3 Å². The third-order valence-corrected chi connectivity index (χ3v) is 4.48. The molecular formula is C17H20BrF2N3O3. The summed E-state index contributed by atoms with van der Waals surface area (Å²) < 4.78 is 45.5. The summed E-state index contributed by atoms with van der Waals surface area (Å²) in [6.07, 6.45) is 2.35. The summed E-state index contributed by atoms with van der Waals surface area (Å²) in [5, 5.41) is 7.78. The number of ether oxygens (including phenoxy) is 3. The van der Waals surface area contributed by atoms with Crippen LogP contribution in [0.1, 0.15) is 36.2 Å². The average Bonchev–Trinajstić information content (AvgIpc) is 3.04. The molecule has 3 rings (SSSR count). The van der Waals surface area contributed by atoms with E-state index in [4.69, 9.17) is 14.2 Å². The fourth-order valence-electron chi connectivity index (χ4n) is 2.79. The van der Waals surface area contributed by atoms with E-state index in [0.29, 0.717) is 12.4 Å². The Balaban J connectivity index is 1.75. The molecule has 1 saturated heterocycles. The van der Waals surface area contributed by atoms with Crippen LogP contribution < -0.4 is 4.74 Å².